The molecule has 2 amide bonds. The lowest BCUT2D eigenvalue weighted by molar-refractivity contribution is -0.137. The van der Waals surface area contributed by atoms with Gasteiger partial charge < -0.3 is 10.6 Å². The number of amides is 2. The van der Waals surface area contributed by atoms with Crippen LogP contribution in [0.4, 0.5) is 24.5 Å². The Morgan fingerprint density at radius 2 is 1.62 bits per heavy atom. The second kappa shape index (κ2) is 9.68. The quantitative estimate of drug-likeness (QED) is 0.517. The van der Waals surface area contributed by atoms with Gasteiger partial charge in [0.2, 0.25) is 5.91 Å². The normalized spacial score (nSPS) is 11.7. The molecule has 0 saturated carbocycles. The molecule has 0 unspecified atom stereocenters. The highest BCUT2D eigenvalue weighted by Crippen LogP contribution is 2.29. The fourth-order valence-electron chi connectivity index (χ4n) is 3.19. The van der Waals surface area contributed by atoms with Crippen LogP contribution in [0.25, 0.3) is 0 Å². The van der Waals surface area contributed by atoms with Crippen molar-refractivity contribution < 1.29 is 31.2 Å². The average Bonchev–Trinajstić information content (AvgIpc) is 2.74. The van der Waals surface area contributed by atoms with Crippen molar-refractivity contribution >= 4 is 33.0 Å². The zero-order valence-corrected chi connectivity index (χ0v) is 19.0. The average molecular weight is 491 g/mol. The summed E-state index contributed by atoms with van der Waals surface area (Å²) in [5.74, 6) is -0.997. The van der Waals surface area contributed by atoms with Gasteiger partial charge in [0.15, 0.2) is 9.84 Å². The van der Waals surface area contributed by atoms with E-state index in [0.29, 0.717) is 16.9 Å². The monoisotopic (exact) mass is 490 g/mol. The Hall–Kier alpha value is -3.66. The van der Waals surface area contributed by atoms with Crippen molar-refractivity contribution in [2.24, 2.45) is 0 Å². The molecule has 3 aromatic rings. The van der Waals surface area contributed by atoms with E-state index in [1.165, 1.54) is 36.4 Å². The zero-order chi connectivity index (χ0) is 25.1. The van der Waals surface area contributed by atoms with Crippen LogP contribution < -0.4 is 10.6 Å². The maximum absolute atomic E-state index is 12.8. The van der Waals surface area contributed by atoms with Crippen molar-refractivity contribution in [2.75, 3.05) is 16.9 Å². The van der Waals surface area contributed by atoms with Gasteiger partial charge >= 0.3 is 6.18 Å². The lowest BCUT2D eigenvalue weighted by atomic mass is 10.1. The number of sulfone groups is 1. The van der Waals surface area contributed by atoms with E-state index in [-0.39, 0.29) is 22.4 Å². The summed E-state index contributed by atoms with van der Waals surface area (Å²) in [5, 5.41) is 5.32. The Morgan fingerprint density at radius 3 is 2.26 bits per heavy atom. The molecule has 0 aliphatic rings. The van der Waals surface area contributed by atoms with E-state index < -0.39 is 33.4 Å². The number of carbonyl (C=O) groups excluding carboxylic acids is 2. The first-order valence-electron chi connectivity index (χ1n) is 10.0. The molecule has 178 valence electrons. The molecule has 10 heteroatoms. The predicted octanol–water partition coefficient (Wildman–Crippen LogP) is 4.85. The standard InChI is InChI=1S/C24H21F3N2O4S/c1-15-11-19(28-22(30)13-16-5-3-7-18(12-16)24(25,26)27)9-10-21(15)29-23(31)17-6-4-8-20(14-17)34(2,32)33/h3-12,14H,13H2,1-2H3,(H,28,30)(H,29,31). The van der Waals surface area contributed by atoms with Gasteiger partial charge in [-0.2, -0.15) is 13.2 Å². The number of nitrogens with one attached hydrogen (secondary N) is 2. The summed E-state index contributed by atoms with van der Waals surface area (Å²) in [6, 6.07) is 14.9. The second-order valence-corrected chi connectivity index (χ2v) is 9.72. The Kier molecular flexibility index (Phi) is 7.11. The minimum Gasteiger partial charge on any atom is -0.326 e. The minimum absolute atomic E-state index is 0.0238. The van der Waals surface area contributed by atoms with E-state index in [2.05, 4.69) is 10.6 Å². The smallest absolute Gasteiger partial charge is 0.326 e. The van der Waals surface area contributed by atoms with Crippen LogP contribution in [0.5, 0.6) is 0 Å². The van der Waals surface area contributed by atoms with Gasteiger partial charge in [-0.25, -0.2) is 8.42 Å². The highest BCUT2D eigenvalue weighted by atomic mass is 32.2. The Balaban J connectivity index is 1.67. The van der Waals surface area contributed by atoms with Gasteiger partial charge in [-0.3, -0.25) is 9.59 Å². The molecule has 34 heavy (non-hydrogen) atoms. The molecule has 0 aromatic heterocycles. The number of hydrogen-bond acceptors (Lipinski definition) is 4. The number of rotatable bonds is 6. The topological polar surface area (TPSA) is 92.3 Å². The van der Waals surface area contributed by atoms with Gasteiger partial charge in [0.25, 0.3) is 5.91 Å². The molecule has 0 heterocycles. The number of anilines is 2. The molecule has 0 radical (unpaired) electrons. The van der Waals surface area contributed by atoms with Gasteiger partial charge in [0.1, 0.15) is 0 Å². The van der Waals surface area contributed by atoms with Crippen molar-refractivity contribution in [2.45, 2.75) is 24.4 Å². The summed E-state index contributed by atoms with van der Waals surface area (Å²) in [5.41, 5.74) is 1.04. The Morgan fingerprint density at radius 1 is 0.912 bits per heavy atom. The van der Waals surface area contributed by atoms with Crippen molar-refractivity contribution in [3.05, 3.63) is 89.0 Å². The first-order valence-corrected chi connectivity index (χ1v) is 11.9. The van der Waals surface area contributed by atoms with Crippen LogP contribution in [0.3, 0.4) is 0 Å². The molecule has 0 atom stereocenters. The fourth-order valence-corrected chi connectivity index (χ4v) is 3.86. The van der Waals surface area contributed by atoms with Crippen molar-refractivity contribution in [3.8, 4) is 0 Å². The van der Waals surface area contributed by atoms with E-state index >= 15 is 0 Å². The molecular weight excluding hydrogens is 469 g/mol. The number of benzene rings is 3. The van der Waals surface area contributed by atoms with Crippen molar-refractivity contribution in [1.29, 1.82) is 0 Å². The highest BCUT2D eigenvalue weighted by Gasteiger charge is 2.30. The van der Waals surface area contributed by atoms with E-state index in [9.17, 15) is 31.2 Å². The van der Waals surface area contributed by atoms with E-state index in [0.717, 1.165) is 18.4 Å². The van der Waals surface area contributed by atoms with Gasteiger partial charge in [0, 0.05) is 23.2 Å². The third-order valence-corrected chi connectivity index (χ3v) is 6.01. The SMILES string of the molecule is Cc1cc(NC(=O)Cc2cccc(C(F)(F)F)c2)ccc1NC(=O)c1cccc(S(C)(=O)=O)c1. The Bertz CT molecular complexity index is 1350. The predicted molar refractivity (Wildman–Crippen MR) is 122 cm³/mol. The van der Waals surface area contributed by atoms with E-state index in [1.807, 2.05) is 0 Å². The molecule has 3 rings (SSSR count). The number of carbonyl (C=O) groups is 2. The van der Waals surface area contributed by atoms with Gasteiger partial charge in [-0.15, -0.1) is 0 Å². The summed E-state index contributed by atoms with van der Waals surface area (Å²) in [7, 11) is -3.47. The zero-order valence-electron chi connectivity index (χ0n) is 18.2. The van der Waals surface area contributed by atoms with Gasteiger partial charge in [-0.05, 0) is 60.5 Å². The maximum atomic E-state index is 12.8. The third-order valence-electron chi connectivity index (χ3n) is 4.90. The summed E-state index contributed by atoms with van der Waals surface area (Å²) >= 11 is 0. The minimum atomic E-state index is -4.49. The number of halogens is 3. The van der Waals surface area contributed by atoms with E-state index in [4.69, 9.17) is 0 Å². The lowest BCUT2D eigenvalue weighted by Gasteiger charge is -2.12. The summed E-state index contributed by atoms with van der Waals surface area (Å²) in [4.78, 5) is 24.9. The molecule has 0 spiro atoms. The summed E-state index contributed by atoms with van der Waals surface area (Å²) in [6.07, 6.45) is -3.68. The van der Waals surface area contributed by atoms with Crippen LogP contribution >= 0.6 is 0 Å². The molecule has 2 N–H and O–H groups in total. The van der Waals surface area contributed by atoms with Crippen LogP contribution in [0, 0.1) is 6.92 Å². The molecule has 3 aromatic carbocycles. The molecular formula is C24H21F3N2O4S. The summed E-state index contributed by atoms with van der Waals surface area (Å²) in [6.45, 7) is 1.70. The molecule has 0 aliphatic heterocycles. The molecule has 6 nitrogen and oxygen atoms in total. The molecule has 0 bridgehead atoms. The fraction of sp³-hybridized carbons (Fsp3) is 0.167. The number of hydrogen-bond donors (Lipinski definition) is 2. The Labute approximate surface area is 194 Å². The third kappa shape index (κ3) is 6.44. The lowest BCUT2D eigenvalue weighted by Crippen LogP contribution is -2.16. The van der Waals surface area contributed by atoms with Crippen LogP contribution in [0.15, 0.2) is 71.6 Å². The highest BCUT2D eigenvalue weighted by molar-refractivity contribution is 7.90. The van der Waals surface area contributed by atoms with Crippen LogP contribution in [-0.2, 0) is 27.2 Å². The molecule has 0 fully saturated rings. The number of alkyl halides is 3. The first kappa shape index (κ1) is 25.0. The first-order chi connectivity index (χ1) is 15.8. The largest absolute Gasteiger partial charge is 0.416 e. The number of aryl methyl sites for hydroxylation is 1. The summed E-state index contributed by atoms with van der Waals surface area (Å²) < 4.78 is 62.0. The van der Waals surface area contributed by atoms with Crippen LogP contribution in [0.2, 0.25) is 0 Å². The van der Waals surface area contributed by atoms with Gasteiger partial charge in [-0.1, -0.05) is 24.3 Å². The molecule has 0 saturated heterocycles. The van der Waals surface area contributed by atoms with E-state index in [1.54, 1.807) is 25.1 Å². The van der Waals surface area contributed by atoms with Crippen molar-refractivity contribution in [1.82, 2.24) is 0 Å². The maximum Gasteiger partial charge on any atom is 0.416 e. The second-order valence-electron chi connectivity index (χ2n) is 7.71. The van der Waals surface area contributed by atoms with Crippen LogP contribution in [0.1, 0.15) is 27.0 Å². The van der Waals surface area contributed by atoms with Crippen LogP contribution in [-0.4, -0.2) is 26.5 Å². The van der Waals surface area contributed by atoms with Crippen molar-refractivity contribution in [3.63, 3.8) is 0 Å². The molecule has 0 aliphatic carbocycles. The van der Waals surface area contributed by atoms with Gasteiger partial charge in [0.05, 0.1) is 16.9 Å².